The number of guanidine groups is 1. The fourth-order valence-corrected chi connectivity index (χ4v) is 3.66. The maximum absolute atomic E-state index is 14.4. The molecule has 0 aliphatic heterocycles. The van der Waals surface area contributed by atoms with Gasteiger partial charge in [-0.15, -0.1) is 24.0 Å². The van der Waals surface area contributed by atoms with Gasteiger partial charge in [0.2, 0.25) is 0 Å². The standard InChI is InChI=1S/C22H34FN3O2.HI/c1-16(18-7-8-20(19(23)13-18)28-14-17-5-6-17)26-21(24-2)25-15-22(9-4-10-22)11-12-27-3;/h7-8,13,16-17H,4-6,9-12,14-15H2,1-3H3,(H2,24,25,26);1H. The topological polar surface area (TPSA) is 54.9 Å². The molecule has 1 aromatic carbocycles. The van der Waals surface area contributed by atoms with Crippen molar-refractivity contribution in [2.45, 2.75) is 51.5 Å². The fraction of sp³-hybridized carbons (Fsp3) is 0.682. The average Bonchev–Trinajstić information content (AvgIpc) is 3.49. The molecule has 0 bridgehead atoms. The second-order valence-corrected chi connectivity index (χ2v) is 8.33. The molecule has 2 aliphatic rings. The lowest BCUT2D eigenvalue weighted by Crippen LogP contribution is -2.47. The predicted molar refractivity (Wildman–Crippen MR) is 126 cm³/mol. The molecule has 3 rings (SSSR count). The number of hydrogen-bond donors (Lipinski definition) is 2. The van der Waals surface area contributed by atoms with Crippen molar-refractivity contribution in [2.24, 2.45) is 16.3 Å². The van der Waals surface area contributed by atoms with Gasteiger partial charge in [-0.25, -0.2) is 4.39 Å². The van der Waals surface area contributed by atoms with Crippen LogP contribution in [0.25, 0.3) is 0 Å². The summed E-state index contributed by atoms with van der Waals surface area (Å²) in [7, 11) is 3.52. The Kier molecular flexibility index (Phi) is 9.46. The Labute approximate surface area is 191 Å². The van der Waals surface area contributed by atoms with Gasteiger partial charge in [-0.2, -0.15) is 0 Å². The highest BCUT2D eigenvalue weighted by Gasteiger charge is 2.36. The first-order valence-electron chi connectivity index (χ1n) is 10.4. The Morgan fingerprint density at radius 1 is 1.34 bits per heavy atom. The Morgan fingerprint density at radius 2 is 2.10 bits per heavy atom. The van der Waals surface area contributed by atoms with E-state index in [0.717, 1.165) is 31.1 Å². The first kappa shape index (κ1) is 24.2. The molecule has 1 atom stereocenters. The predicted octanol–water partition coefficient (Wildman–Crippen LogP) is 4.67. The maximum Gasteiger partial charge on any atom is 0.191 e. The van der Waals surface area contributed by atoms with Gasteiger partial charge in [-0.1, -0.05) is 12.5 Å². The molecule has 7 heteroatoms. The molecule has 2 aliphatic carbocycles. The molecule has 5 nitrogen and oxygen atoms in total. The van der Waals surface area contributed by atoms with E-state index in [2.05, 4.69) is 15.6 Å². The molecule has 1 aromatic rings. The zero-order valence-electron chi connectivity index (χ0n) is 17.8. The van der Waals surface area contributed by atoms with Crippen molar-refractivity contribution >= 4 is 29.9 Å². The van der Waals surface area contributed by atoms with Crippen LogP contribution in [0.4, 0.5) is 4.39 Å². The SMILES string of the molecule is CN=C(NCC1(CCOC)CCC1)NC(C)c1ccc(OCC2CC2)c(F)c1.I. The zero-order valence-corrected chi connectivity index (χ0v) is 20.1. The van der Waals surface area contributed by atoms with Crippen LogP contribution in [0.15, 0.2) is 23.2 Å². The van der Waals surface area contributed by atoms with Gasteiger partial charge >= 0.3 is 0 Å². The molecule has 2 N–H and O–H groups in total. The van der Waals surface area contributed by atoms with Gasteiger partial charge in [-0.05, 0) is 68.1 Å². The van der Waals surface area contributed by atoms with Gasteiger partial charge in [-0.3, -0.25) is 4.99 Å². The lowest BCUT2D eigenvalue weighted by Gasteiger charge is -2.42. The number of rotatable bonds is 10. The molecule has 1 unspecified atom stereocenters. The molecule has 0 heterocycles. The van der Waals surface area contributed by atoms with E-state index in [-0.39, 0.29) is 35.8 Å². The number of nitrogens with one attached hydrogen (secondary N) is 2. The lowest BCUT2D eigenvalue weighted by molar-refractivity contribution is 0.0732. The van der Waals surface area contributed by atoms with Crippen molar-refractivity contribution in [1.29, 1.82) is 0 Å². The third-order valence-corrected chi connectivity index (χ3v) is 6.09. The van der Waals surface area contributed by atoms with Gasteiger partial charge < -0.3 is 20.1 Å². The smallest absolute Gasteiger partial charge is 0.191 e. The van der Waals surface area contributed by atoms with Crippen LogP contribution in [0, 0.1) is 17.2 Å². The van der Waals surface area contributed by atoms with E-state index < -0.39 is 0 Å². The first-order chi connectivity index (χ1) is 13.5. The second kappa shape index (κ2) is 11.3. The maximum atomic E-state index is 14.4. The highest BCUT2D eigenvalue weighted by atomic mass is 127. The molecule has 0 spiro atoms. The van der Waals surface area contributed by atoms with Crippen molar-refractivity contribution in [1.82, 2.24) is 10.6 Å². The third-order valence-electron chi connectivity index (χ3n) is 6.09. The quantitative estimate of drug-likeness (QED) is 0.268. The summed E-state index contributed by atoms with van der Waals surface area (Å²) in [5.74, 6) is 1.39. The molecular weight excluding hydrogens is 484 g/mol. The van der Waals surface area contributed by atoms with Crippen molar-refractivity contribution in [3.05, 3.63) is 29.6 Å². The molecule has 0 aromatic heterocycles. The summed E-state index contributed by atoms with van der Waals surface area (Å²) < 4.78 is 25.2. The summed E-state index contributed by atoms with van der Waals surface area (Å²) >= 11 is 0. The number of aliphatic imine (C=N–C) groups is 1. The highest BCUT2D eigenvalue weighted by Crippen LogP contribution is 2.43. The van der Waals surface area contributed by atoms with Crippen molar-refractivity contribution in [3.8, 4) is 5.75 Å². The Hall–Kier alpha value is -1.09. The second-order valence-electron chi connectivity index (χ2n) is 8.33. The van der Waals surface area contributed by atoms with Crippen LogP contribution < -0.4 is 15.4 Å². The Balaban J connectivity index is 0.00000300. The largest absolute Gasteiger partial charge is 0.490 e. The van der Waals surface area contributed by atoms with E-state index >= 15 is 0 Å². The first-order valence-corrected chi connectivity index (χ1v) is 10.4. The monoisotopic (exact) mass is 519 g/mol. The lowest BCUT2D eigenvalue weighted by atomic mass is 9.67. The van der Waals surface area contributed by atoms with Gasteiger partial charge in [0.25, 0.3) is 0 Å². The molecular formula is C22H35FIN3O2. The minimum Gasteiger partial charge on any atom is -0.490 e. The summed E-state index contributed by atoms with van der Waals surface area (Å²) in [6, 6.07) is 5.14. The van der Waals surface area contributed by atoms with Crippen LogP contribution in [0.2, 0.25) is 0 Å². The normalized spacial score (nSPS) is 19.0. The molecule has 164 valence electrons. The van der Waals surface area contributed by atoms with Crippen LogP contribution in [0.5, 0.6) is 5.75 Å². The molecule has 0 radical (unpaired) electrons. The molecule has 0 saturated heterocycles. The summed E-state index contributed by atoms with van der Waals surface area (Å²) in [5, 5.41) is 6.82. The Bertz CT molecular complexity index is 678. The number of methoxy groups -OCH3 is 1. The van der Waals surface area contributed by atoms with Crippen LogP contribution in [0.3, 0.4) is 0 Å². The van der Waals surface area contributed by atoms with Gasteiger partial charge in [0.1, 0.15) is 0 Å². The van der Waals surface area contributed by atoms with E-state index in [4.69, 9.17) is 9.47 Å². The van der Waals surface area contributed by atoms with Gasteiger partial charge in [0, 0.05) is 27.3 Å². The Morgan fingerprint density at radius 3 is 2.66 bits per heavy atom. The van der Waals surface area contributed by atoms with E-state index in [1.54, 1.807) is 26.3 Å². The van der Waals surface area contributed by atoms with Crippen molar-refractivity contribution in [2.75, 3.05) is 33.9 Å². The molecule has 0 amide bonds. The number of hydrogen-bond acceptors (Lipinski definition) is 3. The summed E-state index contributed by atoms with van der Waals surface area (Å²) in [5.41, 5.74) is 1.18. The van der Waals surface area contributed by atoms with E-state index in [9.17, 15) is 4.39 Å². The number of nitrogens with zero attached hydrogens (tertiary/aromatic N) is 1. The highest BCUT2D eigenvalue weighted by molar-refractivity contribution is 14.0. The van der Waals surface area contributed by atoms with Crippen molar-refractivity contribution < 1.29 is 13.9 Å². The van der Waals surface area contributed by atoms with Crippen molar-refractivity contribution in [3.63, 3.8) is 0 Å². The third kappa shape index (κ3) is 6.98. The minimum atomic E-state index is -0.303. The molecule has 2 fully saturated rings. The number of ether oxygens (including phenoxy) is 2. The van der Waals surface area contributed by atoms with Crippen LogP contribution in [-0.4, -0.2) is 39.9 Å². The average molecular weight is 519 g/mol. The minimum absolute atomic E-state index is 0. The van der Waals surface area contributed by atoms with E-state index in [1.807, 2.05) is 13.0 Å². The van der Waals surface area contributed by atoms with E-state index in [0.29, 0.717) is 23.7 Å². The van der Waals surface area contributed by atoms with Crippen LogP contribution in [0.1, 0.15) is 57.1 Å². The van der Waals surface area contributed by atoms with Gasteiger partial charge in [0.15, 0.2) is 17.5 Å². The number of benzene rings is 1. The van der Waals surface area contributed by atoms with Crippen LogP contribution >= 0.6 is 24.0 Å². The molecule has 29 heavy (non-hydrogen) atoms. The molecule has 2 saturated carbocycles. The zero-order chi connectivity index (χ0) is 20.0. The number of halogens is 2. The van der Waals surface area contributed by atoms with Gasteiger partial charge in [0.05, 0.1) is 12.6 Å². The van der Waals surface area contributed by atoms with E-state index in [1.165, 1.54) is 32.1 Å². The summed E-state index contributed by atoms with van der Waals surface area (Å²) in [4.78, 5) is 4.34. The van der Waals surface area contributed by atoms with Crippen LogP contribution in [-0.2, 0) is 4.74 Å². The fourth-order valence-electron chi connectivity index (χ4n) is 3.66. The summed E-state index contributed by atoms with van der Waals surface area (Å²) in [6.07, 6.45) is 7.19. The summed E-state index contributed by atoms with van der Waals surface area (Å²) in [6.45, 7) is 4.30.